The van der Waals surface area contributed by atoms with E-state index >= 15 is 0 Å². The molecule has 0 spiro atoms. The average molecular weight is 995 g/mol. The SMILES string of the molecule is CCCC/C=C/CCCC(O)C(O)C(COC1OC(CO)C(O)C(O)C1O)NC(=O)C(O)CCCCCCCCCCCCCCCCCC/C=C\C/C=C\CCCCCCCCCCCCCCC. The Morgan fingerprint density at radius 1 is 0.500 bits per heavy atom. The molecule has 1 rings (SSSR count). The van der Waals surface area contributed by atoms with Gasteiger partial charge in [0.1, 0.15) is 36.6 Å². The summed E-state index contributed by atoms with van der Waals surface area (Å²) < 4.78 is 11.1. The van der Waals surface area contributed by atoms with Gasteiger partial charge in [0.05, 0.1) is 25.4 Å². The molecule has 1 aliphatic heterocycles. The Morgan fingerprint density at radius 2 is 0.900 bits per heavy atom. The zero-order valence-electron chi connectivity index (χ0n) is 45.0. The van der Waals surface area contributed by atoms with Crippen molar-refractivity contribution in [3.05, 3.63) is 36.5 Å². The summed E-state index contributed by atoms with van der Waals surface area (Å²) in [6.07, 6.45) is 48.6. The number of aliphatic hydroxyl groups is 7. The molecule has 412 valence electrons. The summed E-state index contributed by atoms with van der Waals surface area (Å²) >= 11 is 0. The van der Waals surface area contributed by atoms with Crippen LogP contribution in [0.2, 0.25) is 0 Å². The zero-order chi connectivity index (χ0) is 51.1. The molecule has 0 saturated carbocycles. The number of carbonyl (C=O) groups excluding carboxylic acids is 1. The van der Waals surface area contributed by atoms with E-state index in [4.69, 9.17) is 9.47 Å². The Hall–Kier alpha value is -1.67. The van der Waals surface area contributed by atoms with Gasteiger partial charge < -0.3 is 50.5 Å². The molecule has 9 unspecified atom stereocenters. The maximum atomic E-state index is 13.1. The largest absolute Gasteiger partial charge is 0.394 e. The lowest BCUT2D eigenvalue weighted by Gasteiger charge is -2.40. The van der Waals surface area contributed by atoms with E-state index < -0.39 is 74.2 Å². The summed E-state index contributed by atoms with van der Waals surface area (Å²) in [6, 6.07) is -1.18. The second-order valence-electron chi connectivity index (χ2n) is 20.7. The van der Waals surface area contributed by atoms with Crippen LogP contribution < -0.4 is 5.32 Å². The Labute approximate surface area is 428 Å². The van der Waals surface area contributed by atoms with Gasteiger partial charge in [-0.3, -0.25) is 4.79 Å². The first-order valence-electron chi connectivity index (χ1n) is 29.4. The van der Waals surface area contributed by atoms with Gasteiger partial charge in [-0.05, 0) is 64.2 Å². The number of allylic oxidation sites excluding steroid dienone is 6. The number of carbonyl (C=O) groups is 1. The van der Waals surface area contributed by atoms with Gasteiger partial charge in [0.2, 0.25) is 5.91 Å². The maximum absolute atomic E-state index is 13.1. The molecular formula is C59H111NO10. The third-order valence-electron chi connectivity index (χ3n) is 14.2. The first-order chi connectivity index (χ1) is 34.2. The summed E-state index contributed by atoms with van der Waals surface area (Å²) in [7, 11) is 0. The van der Waals surface area contributed by atoms with E-state index in [9.17, 15) is 40.5 Å². The van der Waals surface area contributed by atoms with E-state index in [1.165, 1.54) is 173 Å². The molecular weight excluding hydrogens is 883 g/mol. The monoisotopic (exact) mass is 994 g/mol. The van der Waals surface area contributed by atoms with Gasteiger partial charge in [0, 0.05) is 0 Å². The second-order valence-corrected chi connectivity index (χ2v) is 20.7. The lowest BCUT2D eigenvalue weighted by molar-refractivity contribution is -0.303. The van der Waals surface area contributed by atoms with Crippen molar-refractivity contribution in [2.75, 3.05) is 13.2 Å². The zero-order valence-corrected chi connectivity index (χ0v) is 45.0. The standard InChI is InChI=1S/C59H111NO10/c1-3-5-7-9-11-12-13-14-15-16-17-18-19-20-21-22-23-24-25-26-27-28-29-30-31-32-33-34-35-36-37-38-39-41-43-45-47-52(63)58(68)60-50(54(64)51(62)46-44-42-40-10-8-6-4-2)49-69-59-57(67)56(66)55(65)53(48-61)70-59/h10,21-22,24-25,40,50-57,59,61-67H,3-9,11-20,23,26-39,41-49H2,1-2H3,(H,60,68)/b22-21-,25-24-,40-10+. The molecule has 11 nitrogen and oxygen atoms in total. The minimum Gasteiger partial charge on any atom is -0.394 e. The van der Waals surface area contributed by atoms with Crippen molar-refractivity contribution in [1.29, 1.82) is 0 Å². The van der Waals surface area contributed by atoms with Gasteiger partial charge in [-0.25, -0.2) is 0 Å². The van der Waals surface area contributed by atoms with E-state index in [0.717, 1.165) is 51.4 Å². The van der Waals surface area contributed by atoms with Crippen LogP contribution >= 0.6 is 0 Å². The number of unbranched alkanes of at least 4 members (excludes halogenated alkanes) is 32. The normalized spacial score (nSPS) is 20.5. The molecule has 0 bridgehead atoms. The quantitative estimate of drug-likeness (QED) is 0.0215. The molecule has 0 aromatic rings. The Balaban J connectivity index is 2.08. The highest BCUT2D eigenvalue weighted by Gasteiger charge is 2.44. The van der Waals surface area contributed by atoms with Gasteiger partial charge in [-0.1, -0.05) is 237 Å². The smallest absolute Gasteiger partial charge is 0.249 e. The van der Waals surface area contributed by atoms with Gasteiger partial charge in [0.25, 0.3) is 0 Å². The van der Waals surface area contributed by atoms with Crippen LogP contribution in [0.3, 0.4) is 0 Å². The number of hydrogen-bond donors (Lipinski definition) is 8. The van der Waals surface area contributed by atoms with Crippen molar-refractivity contribution in [2.45, 2.75) is 319 Å². The fraction of sp³-hybridized carbons (Fsp3) is 0.881. The average Bonchev–Trinajstić information content (AvgIpc) is 3.36. The van der Waals surface area contributed by atoms with E-state index in [2.05, 4.69) is 55.6 Å². The molecule has 1 saturated heterocycles. The number of aliphatic hydroxyl groups excluding tert-OH is 7. The minimum absolute atomic E-state index is 0.254. The third kappa shape index (κ3) is 36.3. The highest BCUT2D eigenvalue weighted by atomic mass is 16.7. The van der Waals surface area contributed by atoms with Crippen LogP contribution in [0, 0.1) is 0 Å². The molecule has 8 N–H and O–H groups in total. The lowest BCUT2D eigenvalue weighted by Crippen LogP contribution is -2.60. The summed E-state index contributed by atoms with van der Waals surface area (Å²) in [5.41, 5.74) is 0. The van der Waals surface area contributed by atoms with E-state index in [-0.39, 0.29) is 12.8 Å². The van der Waals surface area contributed by atoms with E-state index in [1.807, 2.05) is 0 Å². The van der Waals surface area contributed by atoms with Crippen molar-refractivity contribution in [3.8, 4) is 0 Å². The molecule has 1 fully saturated rings. The van der Waals surface area contributed by atoms with Crippen molar-refractivity contribution in [2.24, 2.45) is 0 Å². The van der Waals surface area contributed by atoms with Crippen LogP contribution in [0.1, 0.15) is 264 Å². The molecule has 0 radical (unpaired) electrons. The summed E-state index contributed by atoms with van der Waals surface area (Å²) in [4.78, 5) is 13.1. The number of rotatable bonds is 50. The minimum atomic E-state index is -1.67. The highest BCUT2D eigenvalue weighted by Crippen LogP contribution is 2.23. The lowest BCUT2D eigenvalue weighted by atomic mass is 9.98. The van der Waals surface area contributed by atoms with Crippen molar-refractivity contribution < 1.29 is 50.0 Å². The molecule has 0 aromatic carbocycles. The van der Waals surface area contributed by atoms with Gasteiger partial charge in [-0.2, -0.15) is 0 Å². The number of amides is 1. The number of hydrogen-bond acceptors (Lipinski definition) is 10. The Kier molecular flexibility index (Phi) is 45.8. The molecule has 1 heterocycles. The second kappa shape index (κ2) is 48.3. The van der Waals surface area contributed by atoms with Crippen LogP contribution in [-0.4, -0.2) is 110 Å². The summed E-state index contributed by atoms with van der Waals surface area (Å²) in [5.74, 6) is -0.709. The Bertz CT molecular complexity index is 1230. The van der Waals surface area contributed by atoms with Crippen molar-refractivity contribution >= 4 is 5.91 Å². The number of ether oxygens (including phenoxy) is 2. The van der Waals surface area contributed by atoms with Crippen LogP contribution in [0.4, 0.5) is 0 Å². The van der Waals surface area contributed by atoms with Crippen LogP contribution in [0.25, 0.3) is 0 Å². The summed E-state index contributed by atoms with van der Waals surface area (Å²) in [5, 5.41) is 75.5. The molecule has 0 aliphatic carbocycles. The van der Waals surface area contributed by atoms with Crippen molar-refractivity contribution in [1.82, 2.24) is 5.32 Å². The number of nitrogens with one attached hydrogen (secondary N) is 1. The van der Waals surface area contributed by atoms with Gasteiger partial charge in [0.15, 0.2) is 6.29 Å². The Morgan fingerprint density at radius 3 is 1.36 bits per heavy atom. The molecule has 11 heteroatoms. The topological polar surface area (TPSA) is 189 Å². The predicted molar refractivity (Wildman–Crippen MR) is 289 cm³/mol. The first kappa shape index (κ1) is 66.3. The van der Waals surface area contributed by atoms with Crippen LogP contribution in [0.5, 0.6) is 0 Å². The fourth-order valence-corrected chi connectivity index (χ4v) is 9.34. The van der Waals surface area contributed by atoms with Gasteiger partial charge in [-0.15, -0.1) is 0 Å². The molecule has 0 aromatic heterocycles. The fourth-order valence-electron chi connectivity index (χ4n) is 9.34. The first-order valence-corrected chi connectivity index (χ1v) is 29.4. The molecule has 70 heavy (non-hydrogen) atoms. The highest BCUT2D eigenvalue weighted by molar-refractivity contribution is 5.80. The van der Waals surface area contributed by atoms with Crippen LogP contribution in [-0.2, 0) is 14.3 Å². The molecule has 1 amide bonds. The maximum Gasteiger partial charge on any atom is 0.249 e. The molecule has 1 aliphatic rings. The van der Waals surface area contributed by atoms with Crippen molar-refractivity contribution in [3.63, 3.8) is 0 Å². The van der Waals surface area contributed by atoms with Gasteiger partial charge >= 0.3 is 0 Å². The predicted octanol–water partition coefficient (Wildman–Crippen LogP) is 12.3. The van der Waals surface area contributed by atoms with E-state index in [1.54, 1.807) is 0 Å². The van der Waals surface area contributed by atoms with Crippen LogP contribution in [0.15, 0.2) is 36.5 Å². The summed E-state index contributed by atoms with van der Waals surface area (Å²) in [6.45, 7) is 3.35. The molecule has 9 atom stereocenters. The third-order valence-corrected chi connectivity index (χ3v) is 14.2. The van der Waals surface area contributed by atoms with E-state index in [0.29, 0.717) is 12.8 Å².